The first-order chi connectivity index (χ1) is 10.9. The molecule has 1 aromatic carbocycles. The van der Waals surface area contributed by atoms with E-state index in [2.05, 4.69) is 10.2 Å². The summed E-state index contributed by atoms with van der Waals surface area (Å²) in [6.45, 7) is 0. The number of halogens is 2. The van der Waals surface area contributed by atoms with Crippen molar-refractivity contribution in [2.45, 2.75) is 23.8 Å². The number of aromatic nitrogens is 2. The molecule has 1 aliphatic heterocycles. The van der Waals surface area contributed by atoms with Gasteiger partial charge in [-0.05, 0) is 30.0 Å². The van der Waals surface area contributed by atoms with E-state index in [1.54, 1.807) is 12.1 Å². The molecule has 1 atom stereocenters. The number of nitrogens with zero attached hydrogens (tertiary/aromatic N) is 2. The fourth-order valence-corrected chi connectivity index (χ4v) is 5.64. The minimum atomic E-state index is -2.88. The van der Waals surface area contributed by atoms with Gasteiger partial charge in [0.25, 0.3) is 5.22 Å². The zero-order chi connectivity index (χ0) is 16.4. The molecule has 0 saturated carbocycles. The van der Waals surface area contributed by atoms with Crippen molar-refractivity contribution in [1.29, 1.82) is 0 Å². The largest absolute Gasteiger partial charge is 0.416 e. The van der Waals surface area contributed by atoms with Crippen LogP contribution in [0, 0.1) is 5.92 Å². The lowest BCUT2D eigenvalue weighted by Crippen LogP contribution is -2.07. The third kappa shape index (κ3) is 4.62. The van der Waals surface area contributed by atoms with Gasteiger partial charge in [0.2, 0.25) is 5.89 Å². The quantitative estimate of drug-likeness (QED) is 0.722. The number of hydrogen-bond donors (Lipinski definition) is 0. The number of thioether (sulfide) groups is 1. The summed E-state index contributed by atoms with van der Waals surface area (Å²) >= 11 is 13.4. The van der Waals surface area contributed by atoms with Gasteiger partial charge in [0.1, 0.15) is 0 Å². The van der Waals surface area contributed by atoms with Crippen molar-refractivity contribution in [2.24, 2.45) is 5.92 Å². The molecule has 23 heavy (non-hydrogen) atoms. The molecule has 2 aromatic rings. The molecule has 1 saturated heterocycles. The minimum absolute atomic E-state index is 0.0732. The lowest BCUT2D eigenvalue weighted by atomic mass is 10.1. The van der Waals surface area contributed by atoms with Crippen molar-refractivity contribution in [2.75, 3.05) is 11.5 Å². The van der Waals surface area contributed by atoms with Crippen molar-refractivity contribution in [3.05, 3.63) is 39.7 Å². The van der Waals surface area contributed by atoms with Gasteiger partial charge in [-0.1, -0.05) is 41.0 Å². The van der Waals surface area contributed by atoms with Crippen LogP contribution in [0.5, 0.6) is 0 Å². The highest BCUT2D eigenvalue weighted by atomic mass is 35.5. The van der Waals surface area contributed by atoms with Crippen molar-refractivity contribution >= 4 is 44.8 Å². The third-order valence-corrected chi connectivity index (χ3v) is 6.90. The van der Waals surface area contributed by atoms with Gasteiger partial charge < -0.3 is 4.42 Å². The molecule has 0 amide bonds. The molecule has 0 unspecified atom stereocenters. The van der Waals surface area contributed by atoms with Gasteiger partial charge in [-0.2, -0.15) is 0 Å². The molecule has 9 heteroatoms. The number of sulfone groups is 1. The SMILES string of the molecule is O=S1(=O)CC[C@H](Cc2nnc(SCc3ccc(Cl)cc3Cl)o2)C1. The molecule has 2 heterocycles. The number of benzene rings is 1. The van der Waals surface area contributed by atoms with E-state index in [-0.39, 0.29) is 17.4 Å². The lowest BCUT2D eigenvalue weighted by molar-refractivity contribution is 0.389. The zero-order valence-corrected chi connectivity index (χ0v) is 15.2. The predicted octanol–water partition coefficient (Wildman–Crippen LogP) is 3.65. The highest BCUT2D eigenvalue weighted by Gasteiger charge is 2.29. The topological polar surface area (TPSA) is 73.1 Å². The molecule has 3 rings (SSSR count). The summed E-state index contributed by atoms with van der Waals surface area (Å²) in [5.74, 6) is 1.61. The standard InChI is InChI=1S/C14H14Cl2N2O3S2/c15-11-2-1-10(12(16)6-11)7-22-14-18-17-13(21-14)5-9-3-4-23(19,20)8-9/h1-2,6,9H,3-5,7-8H2/t9-/m1/s1. The van der Waals surface area contributed by atoms with E-state index < -0.39 is 9.84 Å². The molecule has 5 nitrogen and oxygen atoms in total. The molecule has 124 valence electrons. The molecular weight excluding hydrogens is 379 g/mol. The summed E-state index contributed by atoms with van der Waals surface area (Å²) in [5.41, 5.74) is 0.933. The monoisotopic (exact) mass is 392 g/mol. The summed E-state index contributed by atoms with van der Waals surface area (Å²) < 4.78 is 28.5. The summed E-state index contributed by atoms with van der Waals surface area (Å²) in [4.78, 5) is 0. The molecule has 0 N–H and O–H groups in total. The van der Waals surface area contributed by atoms with Crippen LogP contribution in [0.1, 0.15) is 17.9 Å². The maximum atomic E-state index is 11.5. The Morgan fingerprint density at radius 2 is 2.13 bits per heavy atom. The summed E-state index contributed by atoms with van der Waals surface area (Å²) in [6, 6.07) is 5.33. The van der Waals surface area contributed by atoms with Gasteiger partial charge in [0.15, 0.2) is 9.84 Å². The van der Waals surface area contributed by atoms with Gasteiger partial charge in [-0.15, -0.1) is 10.2 Å². The normalized spacial score (nSPS) is 20.0. The van der Waals surface area contributed by atoms with Crippen molar-refractivity contribution in [3.8, 4) is 0 Å². The first-order valence-corrected chi connectivity index (χ1v) is 10.6. The Labute approximate surface area is 148 Å². The van der Waals surface area contributed by atoms with Crippen LogP contribution in [-0.4, -0.2) is 30.1 Å². The second-order valence-corrected chi connectivity index (χ2v) is 9.46. The van der Waals surface area contributed by atoms with Crippen LogP contribution in [0.25, 0.3) is 0 Å². The van der Waals surface area contributed by atoms with Crippen LogP contribution in [0.15, 0.2) is 27.8 Å². The molecule has 0 radical (unpaired) electrons. The van der Waals surface area contributed by atoms with E-state index in [1.165, 1.54) is 11.8 Å². The Bertz CT molecular complexity index is 808. The Kier molecular flexibility index (Phi) is 5.20. The highest BCUT2D eigenvalue weighted by molar-refractivity contribution is 7.98. The lowest BCUT2D eigenvalue weighted by Gasteiger charge is -2.03. The Balaban J connectivity index is 1.57. The van der Waals surface area contributed by atoms with E-state index in [1.807, 2.05) is 6.07 Å². The molecular formula is C14H14Cl2N2O3S2. The van der Waals surface area contributed by atoms with Crippen LogP contribution in [0.2, 0.25) is 10.0 Å². The summed E-state index contributed by atoms with van der Waals surface area (Å²) in [6.07, 6.45) is 1.17. The third-order valence-electron chi connectivity index (χ3n) is 3.60. The van der Waals surface area contributed by atoms with E-state index in [0.29, 0.717) is 39.8 Å². The van der Waals surface area contributed by atoms with Crippen molar-refractivity contribution in [3.63, 3.8) is 0 Å². The van der Waals surface area contributed by atoms with Gasteiger partial charge in [0, 0.05) is 22.2 Å². The van der Waals surface area contributed by atoms with Crippen LogP contribution < -0.4 is 0 Å². The first kappa shape index (κ1) is 17.1. The fourth-order valence-electron chi connectivity index (χ4n) is 2.44. The zero-order valence-electron chi connectivity index (χ0n) is 12.0. The molecule has 1 fully saturated rings. The second kappa shape index (κ2) is 7.01. The smallest absolute Gasteiger partial charge is 0.276 e. The molecule has 1 aromatic heterocycles. The molecule has 0 spiro atoms. The number of hydrogen-bond acceptors (Lipinski definition) is 6. The van der Waals surface area contributed by atoms with E-state index in [0.717, 1.165) is 5.56 Å². The molecule has 1 aliphatic rings. The van der Waals surface area contributed by atoms with Crippen molar-refractivity contribution < 1.29 is 12.8 Å². The maximum absolute atomic E-state index is 11.5. The average Bonchev–Trinajstić information content (AvgIpc) is 3.05. The fraction of sp³-hybridized carbons (Fsp3) is 0.429. The number of rotatable bonds is 5. The highest BCUT2D eigenvalue weighted by Crippen LogP contribution is 2.29. The van der Waals surface area contributed by atoms with Gasteiger partial charge >= 0.3 is 0 Å². The van der Waals surface area contributed by atoms with Crippen LogP contribution in [0.4, 0.5) is 0 Å². The first-order valence-electron chi connectivity index (χ1n) is 7.01. The predicted molar refractivity (Wildman–Crippen MR) is 90.8 cm³/mol. The Morgan fingerprint density at radius 1 is 1.30 bits per heavy atom. The van der Waals surface area contributed by atoms with Gasteiger partial charge in [-0.3, -0.25) is 0 Å². The molecule has 0 aliphatic carbocycles. The summed E-state index contributed by atoms with van der Waals surface area (Å²) in [5, 5.41) is 9.62. The Hall–Kier alpha value is -0.760. The van der Waals surface area contributed by atoms with E-state index in [4.69, 9.17) is 27.6 Å². The van der Waals surface area contributed by atoms with Gasteiger partial charge in [-0.25, -0.2) is 8.42 Å². The summed E-state index contributed by atoms with van der Waals surface area (Å²) in [7, 11) is -2.88. The van der Waals surface area contributed by atoms with Crippen LogP contribution >= 0.6 is 35.0 Å². The van der Waals surface area contributed by atoms with E-state index in [9.17, 15) is 8.42 Å². The maximum Gasteiger partial charge on any atom is 0.276 e. The van der Waals surface area contributed by atoms with Crippen molar-refractivity contribution in [1.82, 2.24) is 10.2 Å². The van der Waals surface area contributed by atoms with E-state index >= 15 is 0 Å². The average molecular weight is 393 g/mol. The van der Waals surface area contributed by atoms with Crippen LogP contribution in [0.3, 0.4) is 0 Å². The molecule has 0 bridgehead atoms. The minimum Gasteiger partial charge on any atom is -0.416 e. The Morgan fingerprint density at radius 3 is 2.83 bits per heavy atom. The van der Waals surface area contributed by atoms with Crippen LogP contribution in [-0.2, 0) is 22.0 Å². The van der Waals surface area contributed by atoms with Gasteiger partial charge in [0.05, 0.1) is 11.5 Å². The second-order valence-electron chi connectivity index (χ2n) is 5.46.